The molecule has 0 radical (unpaired) electrons. The van der Waals surface area contributed by atoms with E-state index in [9.17, 15) is 4.79 Å². The Kier molecular flexibility index (Phi) is 5.59. The minimum Gasteiger partial charge on any atom is -0.359 e. The molecule has 24 heavy (non-hydrogen) atoms. The Labute approximate surface area is 146 Å². The molecule has 1 aliphatic heterocycles. The molecule has 0 saturated heterocycles. The van der Waals surface area contributed by atoms with E-state index in [1.165, 1.54) is 11.1 Å². The van der Waals surface area contributed by atoms with Crippen LogP contribution in [0.15, 0.2) is 6.07 Å². The molecule has 1 atom stereocenters. The molecule has 2 rings (SSSR count). The van der Waals surface area contributed by atoms with Gasteiger partial charge in [-0.25, -0.2) is 0 Å². The van der Waals surface area contributed by atoms with Crippen molar-refractivity contribution in [1.82, 2.24) is 0 Å². The molecule has 134 valence electrons. The van der Waals surface area contributed by atoms with Gasteiger partial charge in [-0.3, -0.25) is 4.79 Å². The van der Waals surface area contributed by atoms with Gasteiger partial charge < -0.3 is 15.0 Å². The monoisotopic (exact) mass is 332 g/mol. The number of fused-ring (bicyclic) bond motifs is 1. The van der Waals surface area contributed by atoms with E-state index in [1.54, 1.807) is 0 Å². The topological polar surface area (TPSA) is 41.6 Å². The van der Waals surface area contributed by atoms with Gasteiger partial charge in [0, 0.05) is 18.6 Å². The van der Waals surface area contributed by atoms with Crippen molar-refractivity contribution in [2.24, 2.45) is 5.41 Å². The van der Waals surface area contributed by atoms with Crippen LogP contribution in [0.2, 0.25) is 0 Å². The highest BCUT2D eigenvalue weighted by molar-refractivity contribution is 5.99. The van der Waals surface area contributed by atoms with Crippen LogP contribution in [-0.4, -0.2) is 25.3 Å². The molecule has 1 unspecified atom stereocenters. The standard InChI is InChI=1S/C20H32N2O2/c1-8-16(24-9-2)22-11-10-15-13(3)12-14(4)17(18(15)22)21-19(23)20(5,6)7/h12,16H,8-11H2,1-7H3,(H,21,23). The molecule has 1 aromatic rings. The number of carbonyl (C=O) groups excluding carboxylic acids is 1. The highest BCUT2D eigenvalue weighted by Gasteiger charge is 2.32. The zero-order valence-electron chi connectivity index (χ0n) is 16.2. The van der Waals surface area contributed by atoms with Crippen molar-refractivity contribution in [1.29, 1.82) is 0 Å². The fourth-order valence-electron chi connectivity index (χ4n) is 3.35. The molecule has 4 heteroatoms. The van der Waals surface area contributed by atoms with Crippen LogP contribution < -0.4 is 10.2 Å². The number of benzene rings is 1. The normalized spacial score (nSPS) is 15.4. The summed E-state index contributed by atoms with van der Waals surface area (Å²) in [7, 11) is 0. The first-order valence-electron chi connectivity index (χ1n) is 9.03. The van der Waals surface area contributed by atoms with E-state index in [4.69, 9.17) is 4.74 Å². The van der Waals surface area contributed by atoms with Gasteiger partial charge in [-0.2, -0.15) is 0 Å². The summed E-state index contributed by atoms with van der Waals surface area (Å²) in [5, 5.41) is 3.19. The quantitative estimate of drug-likeness (QED) is 0.867. The number of aryl methyl sites for hydroxylation is 2. The van der Waals surface area contributed by atoms with Gasteiger partial charge in [-0.05, 0) is 50.3 Å². The zero-order valence-corrected chi connectivity index (χ0v) is 16.2. The van der Waals surface area contributed by atoms with E-state index >= 15 is 0 Å². The number of carbonyl (C=O) groups is 1. The van der Waals surface area contributed by atoms with Crippen LogP contribution in [0, 0.1) is 19.3 Å². The molecule has 1 N–H and O–H groups in total. The van der Waals surface area contributed by atoms with E-state index in [0.29, 0.717) is 6.61 Å². The van der Waals surface area contributed by atoms with Gasteiger partial charge in [-0.1, -0.05) is 33.8 Å². The molecule has 0 aromatic heterocycles. The lowest BCUT2D eigenvalue weighted by molar-refractivity contribution is -0.123. The lowest BCUT2D eigenvalue weighted by Crippen LogP contribution is -2.37. The highest BCUT2D eigenvalue weighted by atomic mass is 16.5. The minimum absolute atomic E-state index is 0.0490. The summed E-state index contributed by atoms with van der Waals surface area (Å²) in [5.41, 5.74) is 5.43. The molecule has 0 spiro atoms. The number of rotatable bonds is 5. The Balaban J connectivity index is 2.49. The van der Waals surface area contributed by atoms with Crippen molar-refractivity contribution in [3.8, 4) is 0 Å². The zero-order chi connectivity index (χ0) is 18.1. The average molecular weight is 332 g/mol. The van der Waals surface area contributed by atoms with E-state index in [1.807, 2.05) is 27.7 Å². The maximum Gasteiger partial charge on any atom is 0.229 e. The second-order valence-electron chi connectivity index (χ2n) is 7.68. The number of anilines is 2. The SMILES string of the molecule is CCOC(CC)N1CCc2c(C)cc(C)c(NC(=O)C(C)(C)C)c21. The van der Waals surface area contributed by atoms with Crippen molar-refractivity contribution in [3.05, 3.63) is 22.8 Å². The summed E-state index contributed by atoms with van der Waals surface area (Å²) in [6.45, 7) is 15.9. The number of hydrogen-bond acceptors (Lipinski definition) is 3. The van der Waals surface area contributed by atoms with Crippen molar-refractivity contribution in [2.75, 3.05) is 23.4 Å². The summed E-state index contributed by atoms with van der Waals surface area (Å²) in [4.78, 5) is 14.9. The van der Waals surface area contributed by atoms with Gasteiger partial charge in [0.25, 0.3) is 0 Å². The van der Waals surface area contributed by atoms with Crippen LogP contribution in [0.1, 0.15) is 57.7 Å². The van der Waals surface area contributed by atoms with Crippen LogP contribution in [0.3, 0.4) is 0 Å². The summed E-state index contributed by atoms with van der Waals surface area (Å²) < 4.78 is 5.95. The second-order valence-corrected chi connectivity index (χ2v) is 7.68. The third-order valence-electron chi connectivity index (χ3n) is 4.69. The number of nitrogens with one attached hydrogen (secondary N) is 1. The number of nitrogens with zero attached hydrogens (tertiary/aromatic N) is 1. The molecule has 1 aromatic carbocycles. The van der Waals surface area contributed by atoms with E-state index < -0.39 is 5.41 Å². The fraction of sp³-hybridized carbons (Fsp3) is 0.650. The summed E-state index contributed by atoms with van der Waals surface area (Å²) >= 11 is 0. The Bertz CT molecular complexity index is 617. The maximum atomic E-state index is 12.6. The van der Waals surface area contributed by atoms with Crippen LogP contribution >= 0.6 is 0 Å². The van der Waals surface area contributed by atoms with Crippen LogP contribution in [0.5, 0.6) is 0 Å². The Morgan fingerprint density at radius 3 is 2.50 bits per heavy atom. The third kappa shape index (κ3) is 3.59. The molecule has 1 amide bonds. The maximum absolute atomic E-state index is 12.6. The molecule has 0 aliphatic carbocycles. The minimum atomic E-state index is -0.419. The van der Waals surface area contributed by atoms with Gasteiger partial charge in [0.15, 0.2) is 0 Å². The summed E-state index contributed by atoms with van der Waals surface area (Å²) in [6, 6.07) is 2.18. The molecule has 4 nitrogen and oxygen atoms in total. The van der Waals surface area contributed by atoms with Crippen LogP contribution in [0.4, 0.5) is 11.4 Å². The highest BCUT2D eigenvalue weighted by Crippen LogP contribution is 2.42. The van der Waals surface area contributed by atoms with Crippen molar-refractivity contribution >= 4 is 17.3 Å². The van der Waals surface area contributed by atoms with Crippen LogP contribution in [0.25, 0.3) is 0 Å². The lowest BCUT2D eigenvalue weighted by Gasteiger charge is -2.32. The van der Waals surface area contributed by atoms with Gasteiger partial charge in [0.2, 0.25) is 5.91 Å². The first-order valence-corrected chi connectivity index (χ1v) is 9.03. The van der Waals surface area contributed by atoms with E-state index in [2.05, 4.69) is 37.1 Å². The van der Waals surface area contributed by atoms with Gasteiger partial charge in [0.1, 0.15) is 6.23 Å². The summed E-state index contributed by atoms with van der Waals surface area (Å²) in [6.07, 6.45) is 1.99. The molecule has 1 aliphatic rings. The van der Waals surface area contributed by atoms with Crippen molar-refractivity contribution in [3.63, 3.8) is 0 Å². The number of hydrogen-bond donors (Lipinski definition) is 1. The molecule has 0 bridgehead atoms. The first-order chi connectivity index (χ1) is 11.2. The molecular formula is C20H32N2O2. The largest absolute Gasteiger partial charge is 0.359 e. The second kappa shape index (κ2) is 7.14. The molecular weight excluding hydrogens is 300 g/mol. The van der Waals surface area contributed by atoms with Gasteiger partial charge >= 0.3 is 0 Å². The van der Waals surface area contributed by atoms with Crippen LogP contribution in [-0.2, 0) is 16.0 Å². The predicted molar refractivity (Wildman–Crippen MR) is 101 cm³/mol. The Morgan fingerprint density at radius 2 is 1.96 bits per heavy atom. The number of amides is 1. The van der Waals surface area contributed by atoms with Crippen molar-refractivity contribution in [2.45, 2.75) is 67.5 Å². The van der Waals surface area contributed by atoms with E-state index in [-0.39, 0.29) is 12.1 Å². The predicted octanol–water partition coefficient (Wildman–Crippen LogP) is 4.42. The van der Waals surface area contributed by atoms with Crippen molar-refractivity contribution < 1.29 is 9.53 Å². The smallest absolute Gasteiger partial charge is 0.229 e. The lowest BCUT2D eigenvalue weighted by atomic mass is 9.94. The van der Waals surface area contributed by atoms with Gasteiger partial charge in [-0.15, -0.1) is 0 Å². The molecule has 1 heterocycles. The average Bonchev–Trinajstić information content (AvgIpc) is 2.92. The molecule has 0 saturated carbocycles. The first kappa shape index (κ1) is 18.8. The fourth-order valence-corrected chi connectivity index (χ4v) is 3.35. The van der Waals surface area contributed by atoms with E-state index in [0.717, 1.165) is 36.3 Å². The number of ether oxygens (including phenoxy) is 1. The Hall–Kier alpha value is -1.55. The Morgan fingerprint density at radius 1 is 1.29 bits per heavy atom. The molecule has 0 fully saturated rings. The van der Waals surface area contributed by atoms with Gasteiger partial charge in [0.05, 0.1) is 11.4 Å². The third-order valence-corrected chi connectivity index (χ3v) is 4.69. The summed E-state index contributed by atoms with van der Waals surface area (Å²) in [5.74, 6) is 0.0490.